The van der Waals surface area contributed by atoms with Crippen LogP contribution in [0, 0.1) is 13.8 Å². The fourth-order valence-corrected chi connectivity index (χ4v) is 3.93. The fourth-order valence-electron chi connectivity index (χ4n) is 3.93. The first-order chi connectivity index (χ1) is 17.9. The molecule has 1 heterocycles. The molecule has 7 heteroatoms. The Morgan fingerprint density at radius 1 is 0.892 bits per heavy atom. The molecule has 3 amide bonds. The molecular weight excluding hydrogens is 464 g/mol. The van der Waals surface area contributed by atoms with Gasteiger partial charge in [-0.3, -0.25) is 10.1 Å². The number of aromatic amines is 1. The number of H-pyrrole nitrogens is 1. The highest BCUT2D eigenvalue weighted by Crippen LogP contribution is 2.26. The van der Waals surface area contributed by atoms with E-state index in [2.05, 4.69) is 20.6 Å². The lowest BCUT2D eigenvalue weighted by atomic mass is 10.1. The fraction of sp³-hybridized carbons (Fsp3) is 0.100. The van der Waals surface area contributed by atoms with E-state index in [9.17, 15) is 9.59 Å². The summed E-state index contributed by atoms with van der Waals surface area (Å²) in [6.45, 7) is 4.44. The van der Waals surface area contributed by atoms with Crippen LogP contribution in [0.25, 0.3) is 22.4 Å². The van der Waals surface area contributed by atoms with Crippen molar-refractivity contribution >= 4 is 28.7 Å². The number of aryl methyl sites for hydroxylation is 2. The van der Waals surface area contributed by atoms with Gasteiger partial charge in [0.25, 0.3) is 5.91 Å². The Balaban J connectivity index is 1.20. The number of nitrogens with zero attached hydrogens (tertiary/aromatic N) is 1. The van der Waals surface area contributed by atoms with Crippen molar-refractivity contribution in [3.05, 3.63) is 113 Å². The van der Waals surface area contributed by atoms with E-state index in [0.29, 0.717) is 29.4 Å². The minimum atomic E-state index is -0.621. The number of para-hydroxylation sites is 2. The summed E-state index contributed by atoms with van der Waals surface area (Å²) in [7, 11) is 0. The highest BCUT2D eigenvalue weighted by molar-refractivity contribution is 6.08. The molecule has 0 atom stereocenters. The van der Waals surface area contributed by atoms with Gasteiger partial charge in [-0.05, 0) is 73.5 Å². The molecule has 7 nitrogen and oxygen atoms in total. The highest BCUT2D eigenvalue weighted by Gasteiger charge is 2.13. The van der Waals surface area contributed by atoms with E-state index in [1.165, 1.54) is 5.56 Å². The maximum absolute atomic E-state index is 12.6. The number of urea groups is 1. The number of nitrogens with one attached hydrogen (secondary N) is 3. The zero-order chi connectivity index (χ0) is 25.8. The third-order valence-corrected chi connectivity index (χ3v) is 6.01. The molecule has 0 unspecified atom stereocenters. The van der Waals surface area contributed by atoms with Gasteiger partial charge in [-0.1, -0.05) is 48.0 Å². The Bertz CT molecular complexity index is 1540. The lowest BCUT2D eigenvalue weighted by Crippen LogP contribution is -2.34. The molecule has 3 N–H and O–H groups in total. The van der Waals surface area contributed by atoms with Gasteiger partial charge in [0.2, 0.25) is 0 Å². The molecule has 0 aliphatic carbocycles. The maximum atomic E-state index is 12.6. The van der Waals surface area contributed by atoms with E-state index in [0.717, 1.165) is 27.7 Å². The SMILES string of the molecule is Cc1ccc(COc2ccc(C(=O)NC(=O)Nc3ccc(C)c(-c4nc5ccccc5[nH]4)c3)cc2)cc1. The maximum Gasteiger partial charge on any atom is 0.326 e. The number of fused-ring (bicyclic) bond motifs is 1. The Morgan fingerprint density at radius 2 is 1.65 bits per heavy atom. The zero-order valence-electron chi connectivity index (χ0n) is 20.5. The number of anilines is 1. The van der Waals surface area contributed by atoms with Crippen molar-refractivity contribution in [3.63, 3.8) is 0 Å². The van der Waals surface area contributed by atoms with Crippen molar-refractivity contribution in [1.29, 1.82) is 0 Å². The quantitative estimate of drug-likeness (QED) is 0.257. The number of hydrogen-bond acceptors (Lipinski definition) is 4. The summed E-state index contributed by atoms with van der Waals surface area (Å²) in [5.74, 6) is 0.843. The van der Waals surface area contributed by atoms with Gasteiger partial charge in [-0.2, -0.15) is 0 Å². The number of ether oxygens (including phenoxy) is 1. The lowest BCUT2D eigenvalue weighted by Gasteiger charge is -2.10. The first kappa shape index (κ1) is 23.8. The summed E-state index contributed by atoms with van der Waals surface area (Å²) < 4.78 is 5.78. The number of amides is 3. The molecule has 1 aromatic heterocycles. The molecule has 0 saturated heterocycles. The van der Waals surface area contributed by atoms with Crippen LogP contribution in [0.5, 0.6) is 5.75 Å². The smallest absolute Gasteiger partial charge is 0.326 e. The lowest BCUT2D eigenvalue weighted by molar-refractivity contribution is 0.0967. The summed E-state index contributed by atoms with van der Waals surface area (Å²) in [6.07, 6.45) is 0. The van der Waals surface area contributed by atoms with Gasteiger partial charge in [0.1, 0.15) is 18.2 Å². The molecule has 0 aliphatic rings. The van der Waals surface area contributed by atoms with Gasteiger partial charge < -0.3 is 15.0 Å². The Kier molecular flexibility index (Phi) is 6.68. The number of carbonyl (C=O) groups is 2. The number of aromatic nitrogens is 2. The molecule has 0 aliphatic heterocycles. The van der Waals surface area contributed by atoms with E-state index in [1.807, 2.05) is 74.5 Å². The second-order valence-electron chi connectivity index (χ2n) is 8.84. The van der Waals surface area contributed by atoms with Crippen LogP contribution in [0.4, 0.5) is 10.5 Å². The number of imide groups is 1. The predicted octanol–water partition coefficient (Wildman–Crippen LogP) is 6.39. The normalized spacial score (nSPS) is 10.8. The average Bonchev–Trinajstić information content (AvgIpc) is 3.34. The minimum Gasteiger partial charge on any atom is -0.489 e. The molecular formula is C30H26N4O3. The molecule has 0 saturated carbocycles. The van der Waals surface area contributed by atoms with Crippen LogP contribution in [0.3, 0.4) is 0 Å². The first-order valence-electron chi connectivity index (χ1n) is 11.9. The summed E-state index contributed by atoms with van der Waals surface area (Å²) in [5.41, 5.74) is 6.82. The first-order valence-corrected chi connectivity index (χ1v) is 11.9. The minimum absolute atomic E-state index is 0.352. The Hall–Kier alpha value is -4.91. The summed E-state index contributed by atoms with van der Waals surface area (Å²) in [4.78, 5) is 33.1. The summed E-state index contributed by atoms with van der Waals surface area (Å²) in [6, 6.07) is 27.4. The summed E-state index contributed by atoms with van der Waals surface area (Å²) in [5, 5.41) is 5.10. The molecule has 184 valence electrons. The van der Waals surface area contributed by atoms with Crippen molar-refractivity contribution < 1.29 is 14.3 Å². The number of carbonyl (C=O) groups excluding carboxylic acids is 2. The van der Waals surface area contributed by atoms with Crippen LogP contribution >= 0.6 is 0 Å². The molecule has 0 bridgehead atoms. The standard InChI is InChI=1S/C30H26N4O3/c1-19-7-10-21(11-8-19)18-37-24-15-12-22(13-16-24)29(35)34-30(36)31-23-14-9-20(2)25(17-23)28-32-26-5-3-4-6-27(26)33-28/h3-17H,18H2,1-2H3,(H,32,33)(H2,31,34,35,36). The van der Waals surface area contributed by atoms with Crippen LogP contribution in [-0.4, -0.2) is 21.9 Å². The van der Waals surface area contributed by atoms with Crippen LogP contribution in [0.1, 0.15) is 27.0 Å². The van der Waals surface area contributed by atoms with Gasteiger partial charge >= 0.3 is 6.03 Å². The van der Waals surface area contributed by atoms with Crippen LogP contribution < -0.4 is 15.4 Å². The second kappa shape index (κ2) is 10.4. The average molecular weight is 491 g/mol. The van der Waals surface area contributed by atoms with Crippen molar-refractivity contribution in [1.82, 2.24) is 15.3 Å². The monoisotopic (exact) mass is 490 g/mol. The van der Waals surface area contributed by atoms with E-state index >= 15 is 0 Å². The van der Waals surface area contributed by atoms with Crippen molar-refractivity contribution in [3.8, 4) is 17.1 Å². The molecule has 5 rings (SSSR count). The van der Waals surface area contributed by atoms with Crippen LogP contribution in [-0.2, 0) is 6.61 Å². The highest BCUT2D eigenvalue weighted by atomic mass is 16.5. The van der Waals surface area contributed by atoms with E-state index < -0.39 is 11.9 Å². The van der Waals surface area contributed by atoms with Crippen LogP contribution in [0.2, 0.25) is 0 Å². The Morgan fingerprint density at radius 3 is 2.41 bits per heavy atom. The topological polar surface area (TPSA) is 96.1 Å². The largest absolute Gasteiger partial charge is 0.489 e. The number of rotatable bonds is 6. The van der Waals surface area contributed by atoms with Crippen LogP contribution in [0.15, 0.2) is 91.0 Å². The van der Waals surface area contributed by atoms with Gasteiger partial charge in [-0.25, -0.2) is 9.78 Å². The van der Waals surface area contributed by atoms with E-state index in [1.54, 1.807) is 30.3 Å². The molecule has 5 aromatic rings. The number of benzene rings is 4. The molecule has 4 aromatic carbocycles. The van der Waals surface area contributed by atoms with Gasteiger partial charge in [0.05, 0.1) is 11.0 Å². The molecule has 37 heavy (non-hydrogen) atoms. The van der Waals surface area contributed by atoms with E-state index in [-0.39, 0.29) is 0 Å². The number of imidazole rings is 1. The second-order valence-corrected chi connectivity index (χ2v) is 8.84. The molecule has 0 fully saturated rings. The summed E-state index contributed by atoms with van der Waals surface area (Å²) >= 11 is 0. The number of hydrogen-bond donors (Lipinski definition) is 3. The van der Waals surface area contributed by atoms with Gasteiger partial charge in [-0.15, -0.1) is 0 Å². The molecule has 0 spiro atoms. The third-order valence-electron chi connectivity index (χ3n) is 6.01. The van der Waals surface area contributed by atoms with Gasteiger partial charge in [0.15, 0.2) is 0 Å². The third kappa shape index (κ3) is 5.67. The zero-order valence-corrected chi connectivity index (χ0v) is 20.5. The van der Waals surface area contributed by atoms with E-state index in [4.69, 9.17) is 4.74 Å². The Labute approximate surface area is 214 Å². The molecule has 0 radical (unpaired) electrons. The predicted molar refractivity (Wildman–Crippen MR) is 145 cm³/mol. The van der Waals surface area contributed by atoms with Crippen molar-refractivity contribution in [2.75, 3.05) is 5.32 Å². The van der Waals surface area contributed by atoms with Crippen molar-refractivity contribution in [2.24, 2.45) is 0 Å². The van der Waals surface area contributed by atoms with Gasteiger partial charge in [0, 0.05) is 16.8 Å². The van der Waals surface area contributed by atoms with Crippen molar-refractivity contribution in [2.45, 2.75) is 20.5 Å².